The topological polar surface area (TPSA) is 34.0 Å². The van der Waals surface area contributed by atoms with Crippen LogP contribution in [-0.2, 0) is 6.54 Å². The molecule has 0 unspecified atom stereocenters. The molecule has 0 atom stereocenters. The van der Waals surface area contributed by atoms with Crippen LogP contribution in [0.5, 0.6) is 0 Å². The standard InChI is InChI=1S/C15H24N2O/c1-13-6-5-10-17(15(13)18)11-9-16-12-14-7-3-2-4-8-14/h5-6,10,14,16H,2-4,7-9,11-12H2,1H3. The summed E-state index contributed by atoms with van der Waals surface area (Å²) in [6.07, 6.45) is 8.81. The zero-order chi connectivity index (χ0) is 12.8. The van der Waals surface area contributed by atoms with Crippen LogP contribution in [0, 0.1) is 12.8 Å². The molecule has 1 aliphatic rings. The first-order chi connectivity index (χ1) is 8.77. The lowest BCUT2D eigenvalue weighted by Crippen LogP contribution is -2.31. The Labute approximate surface area is 109 Å². The average molecular weight is 248 g/mol. The summed E-state index contributed by atoms with van der Waals surface area (Å²) in [5.74, 6) is 0.855. The summed E-state index contributed by atoms with van der Waals surface area (Å²) < 4.78 is 1.79. The highest BCUT2D eigenvalue weighted by Crippen LogP contribution is 2.22. The molecule has 0 radical (unpaired) electrons. The van der Waals surface area contributed by atoms with E-state index in [1.54, 1.807) is 4.57 Å². The van der Waals surface area contributed by atoms with Crippen molar-refractivity contribution < 1.29 is 0 Å². The van der Waals surface area contributed by atoms with Gasteiger partial charge in [-0.2, -0.15) is 0 Å². The van der Waals surface area contributed by atoms with Crippen LogP contribution in [0.1, 0.15) is 37.7 Å². The molecule has 3 nitrogen and oxygen atoms in total. The lowest BCUT2D eigenvalue weighted by atomic mass is 9.89. The molecule has 1 saturated carbocycles. The van der Waals surface area contributed by atoms with E-state index >= 15 is 0 Å². The van der Waals surface area contributed by atoms with E-state index in [0.717, 1.165) is 31.1 Å². The molecule has 0 spiro atoms. The minimum absolute atomic E-state index is 0.136. The van der Waals surface area contributed by atoms with Crippen molar-refractivity contribution >= 4 is 0 Å². The third kappa shape index (κ3) is 3.70. The Balaban J connectivity index is 1.71. The maximum atomic E-state index is 11.8. The molecule has 100 valence electrons. The van der Waals surface area contributed by atoms with Crippen LogP contribution >= 0.6 is 0 Å². The van der Waals surface area contributed by atoms with E-state index in [1.807, 2.05) is 25.3 Å². The van der Waals surface area contributed by atoms with Crippen molar-refractivity contribution in [1.82, 2.24) is 9.88 Å². The fraction of sp³-hybridized carbons (Fsp3) is 0.667. The van der Waals surface area contributed by atoms with Gasteiger partial charge in [-0.3, -0.25) is 4.79 Å². The Kier molecular flexibility index (Phi) is 5.00. The monoisotopic (exact) mass is 248 g/mol. The van der Waals surface area contributed by atoms with Crippen LogP contribution in [0.25, 0.3) is 0 Å². The Morgan fingerprint density at radius 3 is 2.89 bits per heavy atom. The molecule has 1 heterocycles. The maximum absolute atomic E-state index is 11.8. The average Bonchev–Trinajstić information content (AvgIpc) is 2.40. The maximum Gasteiger partial charge on any atom is 0.253 e. The van der Waals surface area contributed by atoms with Crippen molar-refractivity contribution in [3.63, 3.8) is 0 Å². The van der Waals surface area contributed by atoms with E-state index in [4.69, 9.17) is 0 Å². The van der Waals surface area contributed by atoms with Gasteiger partial charge in [0.05, 0.1) is 0 Å². The lowest BCUT2D eigenvalue weighted by Gasteiger charge is -2.21. The third-order valence-corrected chi connectivity index (χ3v) is 3.90. The van der Waals surface area contributed by atoms with Gasteiger partial charge in [-0.05, 0) is 38.3 Å². The summed E-state index contributed by atoms with van der Waals surface area (Å²) >= 11 is 0. The number of aromatic nitrogens is 1. The number of aryl methyl sites for hydroxylation is 1. The summed E-state index contributed by atoms with van der Waals surface area (Å²) in [5.41, 5.74) is 0.960. The minimum atomic E-state index is 0.136. The largest absolute Gasteiger partial charge is 0.315 e. The summed E-state index contributed by atoms with van der Waals surface area (Å²) in [7, 11) is 0. The molecular formula is C15H24N2O. The second-order valence-electron chi connectivity index (χ2n) is 5.40. The second kappa shape index (κ2) is 6.74. The first kappa shape index (κ1) is 13.3. The van der Waals surface area contributed by atoms with Crippen LogP contribution in [0.3, 0.4) is 0 Å². The van der Waals surface area contributed by atoms with E-state index in [2.05, 4.69) is 5.32 Å². The number of hydrogen-bond donors (Lipinski definition) is 1. The normalized spacial score (nSPS) is 16.9. The molecule has 0 amide bonds. The van der Waals surface area contributed by atoms with Gasteiger partial charge in [0.2, 0.25) is 0 Å². The highest BCUT2D eigenvalue weighted by molar-refractivity contribution is 5.07. The van der Waals surface area contributed by atoms with Crippen LogP contribution in [0.4, 0.5) is 0 Å². The van der Waals surface area contributed by atoms with Gasteiger partial charge in [0.25, 0.3) is 5.56 Å². The highest BCUT2D eigenvalue weighted by atomic mass is 16.1. The Hall–Kier alpha value is -1.09. The van der Waals surface area contributed by atoms with Gasteiger partial charge in [0.1, 0.15) is 0 Å². The molecule has 0 aromatic carbocycles. The van der Waals surface area contributed by atoms with E-state index in [-0.39, 0.29) is 5.56 Å². The van der Waals surface area contributed by atoms with Crippen molar-refractivity contribution in [2.45, 2.75) is 45.6 Å². The number of nitrogens with zero attached hydrogens (tertiary/aromatic N) is 1. The van der Waals surface area contributed by atoms with Crippen molar-refractivity contribution in [1.29, 1.82) is 0 Å². The van der Waals surface area contributed by atoms with E-state index in [0.29, 0.717) is 0 Å². The first-order valence-corrected chi connectivity index (χ1v) is 7.14. The van der Waals surface area contributed by atoms with Gasteiger partial charge in [-0.25, -0.2) is 0 Å². The predicted molar refractivity (Wildman–Crippen MR) is 74.9 cm³/mol. The SMILES string of the molecule is Cc1cccn(CCNCC2CCCCC2)c1=O. The molecule has 2 rings (SSSR count). The summed E-state index contributed by atoms with van der Waals surface area (Å²) in [5, 5.41) is 3.49. The third-order valence-electron chi connectivity index (χ3n) is 3.90. The minimum Gasteiger partial charge on any atom is -0.315 e. The Morgan fingerprint density at radius 1 is 1.33 bits per heavy atom. The van der Waals surface area contributed by atoms with Crippen LogP contribution < -0.4 is 10.9 Å². The Morgan fingerprint density at radius 2 is 2.11 bits per heavy atom. The molecule has 0 saturated heterocycles. The van der Waals surface area contributed by atoms with Crippen molar-refractivity contribution in [2.24, 2.45) is 5.92 Å². The molecule has 1 fully saturated rings. The highest BCUT2D eigenvalue weighted by Gasteiger charge is 2.12. The van der Waals surface area contributed by atoms with Gasteiger partial charge in [0.15, 0.2) is 0 Å². The van der Waals surface area contributed by atoms with Crippen molar-refractivity contribution in [3.05, 3.63) is 34.2 Å². The van der Waals surface area contributed by atoms with Gasteiger partial charge in [0, 0.05) is 24.8 Å². The van der Waals surface area contributed by atoms with E-state index in [1.165, 1.54) is 32.1 Å². The van der Waals surface area contributed by atoms with E-state index < -0.39 is 0 Å². The molecule has 0 bridgehead atoms. The fourth-order valence-electron chi connectivity index (χ4n) is 2.73. The second-order valence-corrected chi connectivity index (χ2v) is 5.40. The summed E-state index contributed by atoms with van der Waals surface area (Å²) in [6.45, 7) is 4.64. The Bertz CT molecular complexity index is 419. The number of pyridine rings is 1. The molecule has 3 heteroatoms. The lowest BCUT2D eigenvalue weighted by molar-refractivity contribution is 0.340. The predicted octanol–water partition coefficient (Wildman–Crippen LogP) is 2.33. The number of nitrogens with one attached hydrogen (secondary N) is 1. The smallest absolute Gasteiger partial charge is 0.253 e. The fourth-order valence-corrected chi connectivity index (χ4v) is 2.73. The molecule has 0 aliphatic heterocycles. The van der Waals surface area contributed by atoms with E-state index in [9.17, 15) is 4.79 Å². The van der Waals surface area contributed by atoms with Crippen LogP contribution in [-0.4, -0.2) is 17.7 Å². The van der Waals surface area contributed by atoms with Crippen molar-refractivity contribution in [2.75, 3.05) is 13.1 Å². The zero-order valence-corrected chi connectivity index (χ0v) is 11.3. The summed E-state index contributed by atoms with van der Waals surface area (Å²) in [6, 6.07) is 3.81. The molecule has 1 N–H and O–H groups in total. The first-order valence-electron chi connectivity index (χ1n) is 7.14. The van der Waals surface area contributed by atoms with Gasteiger partial charge in [-0.15, -0.1) is 0 Å². The van der Waals surface area contributed by atoms with Crippen molar-refractivity contribution in [3.8, 4) is 0 Å². The van der Waals surface area contributed by atoms with Crippen LogP contribution in [0.15, 0.2) is 23.1 Å². The van der Waals surface area contributed by atoms with Gasteiger partial charge >= 0.3 is 0 Å². The zero-order valence-electron chi connectivity index (χ0n) is 11.3. The van der Waals surface area contributed by atoms with Crippen LogP contribution in [0.2, 0.25) is 0 Å². The summed E-state index contributed by atoms with van der Waals surface area (Å²) in [4.78, 5) is 11.8. The molecule has 1 aromatic heterocycles. The number of hydrogen-bond acceptors (Lipinski definition) is 2. The molecule has 1 aliphatic carbocycles. The van der Waals surface area contributed by atoms with Gasteiger partial charge in [-0.1, -0.05) is 25.3 Å². The van der Waals surface area contributed by atoms with Gasteiger partial charge < -0.3 is 9.88 Å². The number of rotatable bonds is 5. The quantitative estimate of drug-likeness (QED) is 0.811. The molecule has 1 aromatic rings. The molecule has 18 heavy (non-hydrogen) atoms. The molecular weight excluding hydrogens is 224 g/mol.